The van der Waals surface area contributed by atoms with Crippen molar-refractivity contribution >= 4 is 22.9 Å². The van der Waals surface area contributed by atoms with E-state index in [0.29, 0.717) is 36.4 Å². The lowest BCUT2D eigenvalue weighted by Crippen LogP contribution is -2.32. The van der Waals surface area contributed by atoms with Crippen LogP contribution in [-0.2, 0) is 11.2 Å². The third-order valence-corrected chi connectivity index (χ3v) is 5.08. The van der Waals surface area contributed by atoms with E-state index in [1.165, 1.54) is 5.57 Å². The Bertz CT molecular complexity index is 1050. The molecule has 0 fully saturated rings. The van der Waals surface area contributed by atoms with E-state index in [-0.39, 0.29) is 0 Å². The van der Waals surface area contributed by atoms with Gasteiger partial charge in [0, 0.05) is 36.8 Å². The second kappa shape index (κ2) is 7.90. The first-order valence-electron chi connectivity index (χ1n) is 9.54. The van der Waals surface area contributed by atoms with Crippen LogP contribution in [0.2, 0.25) is 0 Å². The molecule has 0 saturated carbocycles. The summed E-state index contributed by atoms with van der Waals surface area (Å²) in [5.74, 6) is 1.12. The molecule has 3 aromatic rings. The van der Waals surface area contributed by atoms with Gasteiger partial charge in [0.1, 0.15) is 11.9 Å². The van der Waals surface area contributed by atoms with Crippen molar-refractivity contribution in [2.24, 2.45) is 0 Å². The fraction of sp³-hybridized carbons (Fsp3) is 0.333. The van der Waals surface area contributed by atoms with Gasteiger partial charge < -0.3 is 14.7 Å². The Morgan fingerprint density at radius 2 is 2.32 bits per heavy atom. The zero-order valence-electron chi connectivity index (χ0n) is 15.9. The van der Waals surface area contributed by atoms with Gasteiger partial charge in [-0.2, -0.15) is 0 Å². The van der Waals surface area contributed by atoms with E-state index in [1.54, 1.807) is 0 Å². The van der Waals surface area contributed by atoms with Crippen molar-refractivity contribution in [3.05, 3.63) is 48.1 Å². The number of aromatic amines is 1. The van der Waals surface area contributed by atoms with Crippen LogP contribution in [0.4, 0.5) is 0 Å². The second-order valence-corrected chi connectivity index (χ2v) is 7.00. The molecule has 144 valence electrons. The Morgan fingerprint density at radius 3 is 3.11 bits per heavy atom. The number of hydrogen-bond acceptors (Lipinski definition) is 6. The van der Waals surface area contributed by atoms with Crippen LogP contribution >= 0.6 is 0 Å². The molecule has 4 rings (SSSR count). The van der Waals surface area contributed by atoms with Crippen LogP contribution in [0.5, 0.6) is 0 Å². The number of pyridine rings is 1. The van der Waals surface area contributed by atoms with Crippen LogP contribution in [0.25, 0.3) is 28.1 Å². The summed E-state index contributed by atoms with van der Waals surface area (Å²) in [6.45, 7) is 6.25. The summed E-state index contributed by atoms with van der Waals surface area (Å²) in [5.41, 5.74) is 4.62. The number of fused-ring (bicyclic) bond motifs is 1. The smallest absolute Gasteiger partial charge is 0.249 e. The molecule has 0 radical (unpaired) electrons. The largest absolute Gasteiger partial charge is 0.421 e. The summed E-state index contributed by atoms with van der Waals surface area (Å²) < 4.78 is 5.78. The fourth-order valence-corrected chi connectivity index (χ4v) is 3.62. The molecule has 1 atom stereocenters. The molecule has 3 aromatic heterocycles. The van der Waals surface area contributed by atoms with Gasteiger partial charge in [0.25, 0.3) is 0 Å². The van der Waals surface area contributed by atoms with Gasteiger partial charge in [-0.1, -0.05) is 19.6 Å². The minimum Gasteiger partial charge on any atom is -0.421 e. The molecule has 0 aliphatic heterocycles. The predicted octanol–water partition coefficient (Wildman–Crippen LogP) is 3.46. The maximum Gasteiger partial charge on any atom is 0.249 e. The van der Waals surface area contributed by atoms with Gasteiger partial charge in [0.15, 0.2) is 0 Å². The van der Waals surface area contributed by atoms with E-state index in [0.717, 1.165) is 47.7 Å². The van der Waals surface area contributed by atoms with Gasteiger partial charge in [-0.3, -0.25) is 4.79 Å². The highest BCUT2D eigenvalue weighted by Gasteiger charge is 2.22. The molecule has 0 aromatic carbocycles. The van der Waals surface area contributed by atoms with Gasteiger partial charge in [-0.25, -0.2) is 4.98 Å². The number of rotatable bonds is 7. The lowest BCUT2D eigenvalue weighted by Gasteiger charge is -2.24. The summed E-state index contributed by atoms with van der Waals surface area (Å²) in [6, 6.07) is 2.34. The molecule has 0 amide bonds. The molecule has 3 heterocycles. The summed E-state index contributed by atoms with van der Waals surface area (Å²) in [7, 11) is 0. The molecular formula is C21H23N5O2. The van der Waals surface area contributed by atoms with Crippen molar-refractivity contribution in [1.82, 2.24) is 25.5 Å². The van der Waals surface area contributed by atoms with E-state index < -0.39 is 0 Å². The highest BCUT2D eigenvalue weighted by molar-refractivity contribution is 6.00. The number of allylic oxidation sites excluding steroid dienone is 1. The molecular weight excluding hydrogens is 354 g/mol. The number of hydrogen-bond donors (Lipinski definition) is 2. The van der Waals surface area contributed by atoms with E-state index in [2.05, 4.69) is 38.1 Å². The molecule has 0 bridgehead atoms. The first kappa shape index (κ1) is 18.3. The molecule has 2 N–H and O–H groups in total. The Morgan fingerprint density at radius 1 is 1.43 bits per heavy atom. The molecule has 0 saturated heterocycles. The van der Waals surface area contributed by atoms with Crippen LogP contribution in [0, 0.1) is 0 Å². The molecule has 7 nitrogen and oxygen atoms in total. The molecule has 1 aliphatic rings. The molecule has 1 unspecified atom stereocenters. The topological polar surface area (TPSA) is 96.7 Å². The fourth-order valence-electron chi connectivity index (χ4n) is 3.62. The second-order valence-electron chi connectivity index (χ2n) is 7.00. The third kappa shape index (κ3) is 3.53. The van der Waals surface area contributed by atoms with E-state index in [1.807, 2.05) is 25.4 Å². The van der Waals surface area contributed by atoms with E-state index >= 15 is 0 Å². The van der Waals surface area contributed by atoms with Crippen LogP contribution in [0.15, 0.2) is 41.1 Å². The van der Waals surface area contributed by atoms with Crippen molar-refractivity contribution < 1.29 is 9.21 Å². The summed E-state index contributed by atoms with van der Waals surface area (Å²) in [4.78, 5) is 18.5. The zero-order chi connectivity index (χ0) is 19.5. The molecule has 1 aliphatic carbocycles. The number of aryl methyl sites for hydroxylation is 1. The number of aromatic nitrogens is 4. The summed E-state index contributed by atoms with van der Waals surface area (Å²) in [6.07, 6.45) is 10.4. The van der Waals surface area contributed by atoms with Crippen molar-refractivity contribution in [3.8, 4) is 11.5 Å². The molecule has 0 spiro atoms. The standard InChI is InChI=1S/C21H23N5O2/c1-3-18-25-26-21(28-18)17-11-24-20-19(17)16(7-8-22-20)14-5-4-6-15(9-14)23-10-13(2)12-27/h5,7-8,11-12,15,23H,2-4,6,9-10H2,1H3,(H,22,24). The van der Waals surface area contributed by atoms with Crippen LogP contribution < -0.4 is 5.32 Å². The maximum absolute atomic E-state index is 10.8. The minimum absolute atomic E-state index is 0.303. The van der Waals surface area contributed by atoms with E-state index in [9.17, 15) is 4.79 Å². The number of carbonyl (C=O) groups excluding carboxylic acids is 1. The average molecular weight is 377 g/mol. The average Bonchev–Trinajstić information content (AvgIpc) is 3.38. The van der Waals surface area contributed by atoms with Gasteiger partial charge in [0.05, 0.1) is 5.56 Å². The predicted molar refractivity (Wildman–Crippen MR) is 108 cm³/mol. The van der Waals surface area contributed by atoms with Crippen molar-refractivity contribution in [3.63, 3.8) is 0 Å². The first-order valence-corrected chi connectivity index (χ1v) is 9.54. The minimum atomic E-state index is 0.303. The Balaban J connectivity index is 1.67. The van der Waals surface area contributed by atoms with Crippen molar-refractivity contribution in [2.75, 3.05) is 6.54 Å². The lowest BCUT2D eigenvalue weighted by atomic mass is 9.88. The SMILES string of the molecule is C=C(C=O)CNC1CCC=C(c2ccnc3[nH]cc(-c4nnc(CC)o4)c23)C1. The Hall–Kier alpha value is -3.06. The molecule has 28 heavy (non-hydrogen) atoms. The maximum atomic E-state index is 10.8. The van der Waals surface area contributed by atoms with Gasteiger partial charge in [-0.05, 0) is 42.0 Å². The number of carbonyl (C=O) groups is 1. The van der Waals surface area contributed by atoms with Crippen LogP contribution in [0.3, 0.4) is 0 Å². The number of H-pyrrole nitrogens is 1. The zero-order valence-corrected chi connectivity index (χ0v) is 15.9. The molecule has 7 heteroatoms. The number of nitrogens with one attached hydrogen (secondary N) is 2. The third-order valence-electron chi connectivity index (χ3n) is 5.08. The highest BCUT2D eigenvalue weighted by Crippen LogP contribution is 2.36. The number of aldehydes is 1. The van der Waals surface area contributed by atoms with Crippen molar-refractivity contribution in [1.29, 1.82) is 0 Å². The monoisotopic (exact) mass is 377 g/mol. The van der Waals surface area contributed by atoms with Gasteiger partial charge >= 0.3 is 0 Å². The normalized spacial score (nSPS) is 16.9. The highest BCUT2D eigenvalue weighted by atomic mass is 16.4. The quantitative estimate of drug-likeness (QED) is 0.483. The lowest BCUT2D eigenvalue weighted by molar-refractivity contribution is -0.104. The number of nitrogens with zero attached hydrogens (tertiary/aromatic N) is 3. The van der Waals surface area contributed by atoms with Crippen LogP contribution in [-0.4, -0.2) is 39.0 Å². The Kier molecular flexibility index (Phi) is 5.16. The van der Waals surface area contributed by atoms with Gasteiger partial charge in [-0.15, -0.1) is 10.2 Å². The summed E-state index contributed by atoms with van der Waals surface area (Å²) >= 11 is 0. The van der Waals surface area contributed by atoms with Crippen LogP contribution in [0.1, 0.15) is 37.6 Å². The van der Waals surface area contributed by atoms with E-state index in [4.69, 9.17) is 4.42 Å². The summed E-state index contributed by atoms with van der Waals surface area (Å²) in [5, 5.41) is 12.7. The first-order chi connectivity index (χ1) is 13.7. The Labute approximate surface area is 163 Å². The van der Waals surface area contributed by atoms with Crippen molar-refractivity contribution in [2.45, 2.75) is 38.6 Å². The van der Waals surface area contributed by atoms with Gasteiger partial charge in [0.2, 0.25) is 11.8 Å².